The summed E-state index contributed by atoms with van der Waals surface area (Å²) in [6.07, 6.45) is 3.81. The Morgan fingerprint density at radius 3 is 2.09 bits per heavy atom. The van der Waals surface area contributed by atoms with E-state index in [1.165, 1.54) is 6.08 Å². The fourth-order valence-corrected chi connectivity index (χ4v) is 2.41. The van der Waals surface area contributed by atoms with Crippen LogP contribution in [0.25, 0.3) is 0 Å². The van der Waals surface area contributed by atoms with E-state index < -0.39 is 0 Å². The van der Waals surface area contributed by atoms with Gasteiger partial charge in [-0.1, -0.05) is 35.3 Å². The molecule has 22 heavy (non-hydrogen) atoms. The summed E-state index contributed by atoms with van der Waals surface area (Å²) in [6.45, 7) is 0. The maximum absolute atomic E-state index is 10.3. The molecule has 0 spiro atoms. The maximum atomic E-state index is 10.3. The molecule has 0 unspecified atom stereocenters. The largest absolute Gasteiger partial charge is 0.297 e. The van der Waals surface area contributed by atoms with Gasteiger partial charge in [-0.2, -0.15) is 4.99 Å². The number of rotatable bonds is 5. The average molecular weight is 333 g/mol. The summed E-state index contributed by atoms with van der Waals surface area (Å²) in [4.78, 5) is 27.9. The van der Waals surface area contributed by atoms with Crippen molar-refractivity contribution in [1.82, 2.24) is 0 Å². The van der Waals surface area contributed by atoms with Crippen LogP contribution in [0.1, 0.15) is 11.1 Å². The second-order valence-electron chi connectivity index (χ2n) is 4.37. The van der Waals surface area contributed by atoms with E-state index in [4.69, 9.17) is 23.2 Å². The SMILES string of the molecule is O=C=Nc1ccc(Cc2ccc(N=CC=O)c(Cl)c2)cc1Cl. The lowest BCUT2D eigenvalue weighted by Gasteiger charge is -2.06. The first-order valence-corrected chi connectivity index (χ1v) is 7.02. The Morgan fingerprint density at radius 1 is 1.00 bits per heavy atom. The minimum Gasteiger partial charge on any atom is -0.297 e. The highest BCUT2D eigenvalue weighted by molar-refractivity contribution is 6.33. The standard InChI is InChI=1S/C16H10Cl2N2O2/c17-13-8-11(1-3-15(13)19-5-6-21)7-12-2-4-16(20-10-22)14(18)9-12/h1-6,8-9H,7H2. The molecule has 110 valence electrons. The summed E-state index contributed by atoms with van der Waals surface area (Å²) in [5.74, 6) is 0. The molecule has 0 aliphatic rings. The fraction of sp³-hybridized carbons (Fsp3) is 0.0625. The first-order valence-electron chi connectivity index (χ1n) is 6.26. The van der Waals surface area contributed by atoms with E-state index in [-0.39, 0.29) is 0 Å². The molecule has 2 aromatic carbocycles. The van der Waals surface area contributed by atoms with Gasteiger partial charge in [0.2, 0.25) is 6.08 Å². The third-order valence-electron chi connectivity index (χ3n) is 2.87. The minimum atomic E-state index is 0.386. The Balaban J connectivity index is 2.22. The van der Waals surface area contributed by atoms with E-state index in [0.29, 0.717) is 34.1 Å². The summed E-state index contributed by atoms with van der Waals surface area (Å²) >= 11 is 12.2. The first-order chi connectivity index (χ1) is 10.6. The summed E-state index contributed by atoms with van der Waals surface area (Å²) < 4.78 is 0. The Labute approximate surface area is 137 Å². The molecule has 0 amide bonds. The Bertz CT molecular complexity index is 782. The predicted molar refractivity (Wildman–Crippen MR) is 87.7 cm³/mol. The third-order valence-corrected chi connectivity index (χ3v) is 3.48. The van der Waals surface area contributed by atoms with Gasteiger partial charge in [0.15, 0.2) is 6.29 Å². The lowest BCUT2D eigenvalue weighted by molar-refractivity contribution is -0.102. The molecule has 6 heteroatoms. The van der Waals surface area contributed by atoms with Crippen LogP contribution in [-0.4, -0.2) is 18.6 Å². The molecule has 4 nitrogen and oxygen atoms in total. The quantitative estimate of drug-likeness (QED) is 0.461. The monoisotopic (exact) mass is 332 g/mol. The third kappa shape index (κ3) is 4.12. The van der Waals surface area contributed by atoms with Crippen LogP contribution in [0.15, 0.2) is 46.4 Å². The van der Waals surface area contributed by atoms with Crippen molar-refractivity contribution in [2.24, 2.45) is 9.98 Å². The van der Waals surface area contributed by atoms with Crippen molar-refractivity contribution < 1.29 is 9.59 Å². The Morgan fingerprint density at radius 2 is 1.59 bits per heavy atom. The molecule has 0 saturated heterocycles. The number of nitrogens with zero attached hydrogens (tertiary/aromatic N) is 2. The number of hydrogen-bond acceptors (Lipinski definition) is 4. The van der Waals surface area contributed by atoms with Crippen LogP contribution in [0.3, 0.4) is 0 Å². The van der Waals surface area contributed by atoms with Crippen LogP contribution in [0.5, 0.6) is 0 Å². The minimum absolute atomic E-state index is 0.386. The van der Waals surface area contributed by atoms with Gasteiger partial charge in [0, 0.05) is 0 Å². The molecule has 0 radical (unpaired) electrons. The van der Waals surface area contributed by atoms with Gasteiger partial charge >= 0.3 is 0 Å². The highest BCUT2D eigenvalue weighted by atomic mass is 35.5. The molecule has 0 heterocycles. The maximum Gasteiger partial charge on any atom is 0.240 e. The van der Waals surface area contributed by atoms with Crippen LogP contribution >= 0.6 is 23.2 Å². The van der Waals surface area contributed by atoms with Crippen molar-refractivity contribution in [1.29, 1.82) is 0 Å². The van der Waals surface area contributed by atoms with Crippen molar-refractivity contribution in [3.63, 3.8) is 0 Å². The van der Waals surface area contributed by atoms with Crippen molar-refractivity contribution in [3.05, 3.63) is 57.6 Å². The number of aliphatic imine (C=N–C) groups is 2. The van der Waals surface area contributed by atoms with E-state index in [9.17, 15) is 9.59 Å². The van der Waals surface area contributed by atoms with Gasteiger partial charge in [0.1, 0.15) is 0 Å². The van der Waals surface area contributed by atoms with E-state index >= 15 is 0 Å². The van der Waals surface area contributed by atoms with Crippen molar-refractivity contribution >= 4 is 53.2 Å². The highest BCUT2D eigenvalue weighted by Crippen LogP contribution is 2.29. The number of aldehydes is 1. The number of halogens is 2. The van der Waals surface area contributed by atoms with Crippen LogP contribution in [-0.2, 0) is 16.0 Å². The molecule has 2 rings (SSSR count). The Kier molecular flexibility index (Phi) is 5.61. The van der Waals surface area contributed by atoms with Gasteiger partial charge in [-0.15, -0.1) is 0 Å². The van der Waals surface area contributed by atoms with Crippen LogP contribution in [0.4, 0.5) is 11.4 Å². The Hall–Kier alpha value is -2.26. The van der Waals surface area contributed by atoms with Crippen LogP contribution in [0, 0.1) is 0 Å². The highest BCUT2D eigenvalue weighted by Gasteiger charge is 2.05. The van der Waals surface area contributed by atoms with Crippen molar-refractivity contribution in [2.45, 2.75) is 6.42 Å². The molecular weight excluding hydrogens is 323 g/mol. The summed E-state index contributed by atoms with van der Waals surface area (Å²) in [5, 5.41) is 0.850. The van der Waals surface area contributed by atoms with Gasteiger partial charge in [0.05, 0.1) is 27.6 Å². The zero-order valence-electron chi connectivity index (χ0n) is 11.3. The number of carbonyl (C=O) groups excluding carboxylic acids is 2. The molecular formula is C16H10Cl2N2O2. The summed E-state index contributed by atoms with van der Waals surface area (Å²) in [5.41, 5.74) is 2.84. The molecule has 0 atom stereocenters. The molecule has 0 aliphatic carbocycles. The molecule has 2 aromatic rings. The second kappa shape index (κ2) is 7.66. The first kappa shape index (κ1) is 16.1. The van der Waals surface area contributed by atoms with E-state index in [0.717, 1.165) is 17.3 Å². The molecule has 0 bridgehead atoms. The molecule has 0 aromatic heterocycles. The van der Waals surface area contributed by atoms with Crippen LogP contribution in [0.2, 0.25) is 10.0 Å². The zero-order chi connectivity index (χ0) is 15.9. The molecule has 0 aliphatic heterocycles. The van der Waals surface area contributed by atoms with Gasteiger partial charge in [0.25, 0.3) is 0 Å². The predicted octanol–water partition coefficient (Wildman–Crippen LogP) is 4.45. The number of isocyanates is 1. The molecule has 0 saturated carbocycles. The van der Waals surface area contributed by atoms with Gasteiger partial charge in [-0.05, 0) is 41.8 Å². The van der Waals surface area contributed by atoms with E-state index in [1.807, 2.05) is 12.1 Å². The lowest BCUT2D eigenvalue weighted by Crippen LogP contribution is -1.88. The van der Waals surface area contributed by atoms with Gasteiger partial charge in [-0.3, -0.25) is 9.79 Å². The summed E-state index contributed by atoms with van der Waals surface area (Å²) in [6, 6.07) is 10.6. The second-order valence-corrected chi connectivity index (χ2v) is 5.18. The van der Waals surface area contributed by atoms with Crippen molar-refractivity contribution in [2.75, 3.05) is 0 Å². The molecule has 0 fully saturated rings. The average Bonchev–Trinajstić information content (AvgIpc) is 2.49. The van der Waals surface area contributed by atoms with Crippen LogP contribution < -0.4 is 0 Å². The smallest absolute Gasteiger partial charge is 0.240 e. The lowest BCUT2D eigenvalue weighted by atomic mass is 10.0. The fourth-order valence-electron chi connectivity index (χ4n) is 1.91. The normalized spacial score (nSPS) is 10.5. The van der Waals surface area contributed by atoms with Gasteiger partial charge in [-0.25, -0.2) is 4.79 Å². The topological polar surface area (TPSA) is 58.9 Å². The molecule has 0 N–H and O–H groups in total. The number of benzene rings is 2. The van der Waals surface area contributed by atoms with Gasteiger partial charge < -0.3 is 0 Å². The zero-order valence-corrected chi connectivity index (χ0v) is 12.8. The summed E-state index contributed by atoms with van der Waals surface area (Å²) in [7, 11) is 0. The van der Waals surface area contributed by atoms with E-state index in [2.05, 4.69) is 9.98 Å². The number of carbonyl (C=O) groups is 1. The van der Waals surface area contributed by atoms with E-state index in [1.54, 1.807) is 24.3 Å². The number of hydrogen-bond donors (Lipinski definition) is 0. The van der Waals surface area contributed by atoms with Crippen molar-refractivity contribution in [3.8, 4) is 0 Å².